The smallest absolute Gasteiger partial charge is 0.224 e. The van der Waals surface area contributed by atoms with Gasteiger partial charge in [0.05, 0.1) is 5.69 Å². The van der Waals surface area contributed by atoms with E-state index in [4.69, 9.17) is 0 Å². The van der Waals surface area contributed by atoms with Crippen LogP contribution >= 0.6 is 11.8 Å². The molecule has 4 nitrogen and oxygen atoms in total. The number of aromatic nitrogens is 1. The van der Waals surface area contributed by atoms with Crippen LogP contribution in [-0.2, 0) is 17.0 Å². The third-order valence-corrected chi connectivity index (χ3v) is 6.19. The van der Waals surface area contributed by atoms with E-state index in [0.29, 0.717) is 24.0 Å². The zero-order chi connectivity index (χ0) is 21.6. The van der Waals surface area contributed by atoms with Gasteiger partial charge in [0.15, 0.2) is 5.43 Å². The van der Waals surface area contributed by atoms with E-state index in [9.17, 15) is 9.59 Å². The second-order valence-corrected chi connectivity index (χ2v) is 8.54. The van der Waals surface area contributed by atoms with Crippen LogP contribution in [-0.4, -0.2) is 10.9 Å². The number of carbonyl (C=O) groups excluding carboxylic acids is 1. The molecule has 0 fully saturated rings. The predicted molar refractivity (Wildman–Crippen MR) is 129 cm³/mol. The molecule has 156 valence electrons. The Kier molecular flexibility index (Phi) is 6.53. The highest BCUT2D eigenvalue weighted by Gasteiger charge is 2.09. The Bertz CT molecular complexity index is 1270. The highest BCUT2D eigenvalue weighted by molar-refractivity contribution is 7.98. The van der Waals surface area contributed by atoms with Gasteiger partial charge in [0.1, 0.15) is 0 Å². The number of hydrogen-bond donors (Lipinski definition) is 2. The van der Waals surface area contributed by atoms with Crippen molar-refractivity contribution in [3.8, 4) is 0 Å². The Morgan fingerprint density at radius 2 is 1.74 bits per heavy atom. The topological polar surface area (TPSA) is 62.0 Å². The van der Waals surface area contributed by atoms with Crippen molar-refractivity contribution in [3.63, 3.8) is 0 Å². The molecule has 0 radical (unpaired) electrons. The van der Waals surface area contributed by atoms with Gasteiger partial charge < -0.3 is 10.3 Å². The Morgan fingerprint density at radius 1 is 0.968 bits per heavy atom. The molecule has 5 heteroatoms. The summed E-state index contributed by atoms with van der Waals surface area (Å²) in [5.74, 6) is 0.599. The number of thioether (sulfide) groups is 1. The van der Waals surface area contributed by atoms with Gasteiger partial charge in [-0.25, -0.2) is 0 Å². The summed E-state index contributed by atoms with van der Waals surface area (Å²) < 4.78 is 0. The first kappa shape index (κ1) is 20.9. The fraction of sp³-hybridized carbons (Fsp3) is 0.154. The quantitative estimate of drug-likeness (QED) is 0.371. The second-order valence-electron chi connectivity index (χ2n) is 7.53. The lowest BCUT2D eigenvalue weighted by molar-refractivity contribution is -0.116. The summed E-state index contributed by atoms with van der Waals surface area (Å²) in [5, 5.41) is 3.73. The van der Waals surface area contributed by atoms with Crippen molar-refractivity contribution < 1.29 is 4.79 Å². The van der Waals surface area contributed by atoms with Crippen molar-refractivity contribution in [2.75, 3.05) is 5.32 Å². The minimum absolute atomic E-state index is 0.00788. The highest BCUT2D eigenvalue weighted by atomic mass is 32.2. The lowest BCUT2D eigenvalue weighted by atomic mass is 10.1. The van der Waals surface area contributed by atoms with Crippen LogP contribution < -0.4 is 10.7 Å². The molecule has 0 saturated heterocycles. The first-order valence-electron chi connectivity index (χ1n) is 10.3. The molecule has 0 unspecified atom stereocenters. The van der Waals surface area contributed by atoms with E-state index < -0.39 is 0 Å². The Hall–Kier alpha value is -3.31. The minimum atomic E-state index is -0.00788. The number of para-hydroxylation sites is 1. The van der Waals surface area contributed by atoms with Crippen LogP contribution in [0.5, 0.6) is 0 Å². The maximum atomic E-state index is 12.5. The Labute approximate surface area is 185 Å². The maximum absolute atomic E-state index is 12.5. The molecule has 0 aliphatic heterocycles. The van der Waals surface area contributed by atoms with Crippen LogP contribution in [0.2, 0.25) is 0 Å². The number of hydrogen-bond acceptors (Lipinski definition) is 3. The molecule has 31 heavy (non-hydrogen) atoms. The summed E-state index contributed by atoms with van der Waals surface area (Å²) in [6, 6.07) is 25.2. The molecule has 4 rings (SSSR count). The molecule has 1 heterocycles. The van der Waals surface area contributed by atoms with Gasteiger partial charge in [0.2, 0.25) is 5.91 Å². The number of rotatable bonds is 7. The fourth-order valence-electron chi connectivity index (χ4n) is 3.47. The van der Waals surface area contributed by atoms with Gasteiger partial charge in [-0.15, -0.1) is 11.8 Å². The summed E-state index contributed by atoms with van der Waals surface area (Å²) in [4.78, 5) is 29.2. The number of aryl methyl sites for hydroxylation is 2. The standard InChI is InChI=1S/C26H24N2O2S/c1-18-11-13-21-23(15-18)27-20(16-24(21)29)17-31-25-10-6-5-9-22(25)28-26(30)14-12-19-7-3-2-4-8-19/h2-11,13,15-16H,12,14,17H2,1H3,(H,27,29)(H,28,30). The van der Waals surface area contributed by atoms with Gasteiger partial charge in [0, 0.05) is 39.7 Å². The number of anilines is 1. The monoisotopic (exact) mass is 428 g/mol. The lowest BCUT2D eigenvalue weighted by Gasteiger charge is -2.11. The predicted octanol–water partition coefficient (Wildman–Crippen LogP) is 5.70. The van der Waals surface area contributed by atoms with Crippen LogP contribution in [0.25, 0.3) is 10.9 Å². The lowest BCUT2D eigenvalue weighted by Crippen LogP contribution is -2.13. The molecule has 0 aliphatic rings. The molecule has 3 aromatic carbocycles. The van der Waals surface area contributed by atoms with Crippen LogP contribution in [0.3, 0.4) is 0 Å². The van der Waals surface area contributed by atoms with Gasteiger partial charge >= 0.3 is 0 Å². The van der Waals surface area contributed by atoms with Crippen molar-refractivity contribution in [3.05, 3.63) is 106 Å². The van der Waals surface area contributed by atoms with Crippen molar-refractivity contribution in [1.82, 2.24) is 4.98 Å². The Morgan fingerprint density at radius 3 is 2.58 bits per heavy atom. The van der Waals surface area contributed by atoms with Gasteiger partial charge in [-0.3, -0.25) is 9.59 Å². The third-order valence-electron chi connectivity index (χ3n) is 5.07. The molecule has 0 saturated carbocycles. The minimum Gasteiger partial charge on any atom is -0.357 e. The van der Waals surface area contributed by atoms with Crippen LogP contribution in [0.15, 0.2) is 88.6 Å². The van der Waals surface area contributed by atoms with Crippen molar-refractivity contribution in [2.45, 2.75) is 30.4 Å². The van der Waals surface area contributed by atoms with Crippen LogP contribution in [0.4, 0.5) is 5.69 Å². The number of nitrogens with one attached hydrogen (secondary N) is 2. The first-order valence-corrected chi connectivity index (χ1v) is 11.3. The van der Waals surface area contributed by atoms with Gasteiger partial charge in [-0.05, 0) is 48.7 Å². The average Bonchev–Trinajstić information content (AvgIpc) is 2.77. The zero-order valence-electron chi connectivity index (χ0n) is 17.4. The summed E-state index contributed by atoms with van der Waals surface area (Å²) >= 11 is 1.59. The number of benzene rings is 3. The number of fused-ring (bicyclic) bond motifs is 1. The Balaban J connectivity index is 1.43. The molecule has 2 N–H and O–H groups in total. The van der Waals surface area contributed by atoms with Crippen molar-refractivity contribution in [2.24, 2.45) is 0 Å². The third kappa shape index (κ3) is 5.44. The molecular weight excluding hydrogens is 404 g/mol. The normalized spacial score (nSPS) is 10.9. The van der Waals surface area contributed by atoms with E-state index in [0.717, 1.165) is 32.9 Å². The molecule has 0 atom stereocenters. The summed E-state index contributed by atoms with van der Waals surface area (Å²) in [6.07, 6.45) is 1.14. The number of amides is 1. The van der Waals surface area contributed by atoms with Crippen molar-refractivity contribution >= 4 is 34.3 Å². The van der Waals surface area contributed by atoms with Crippen LogP contribution in [0, 0.1) is 6.92 Å². The average molecular weight is 429 g/mol. The molecule has 0 spiro atoms. The molecule has 1 amide bonds. The van der Waals surface area contributed by atoms with E-state index in [1.807, 2.05) is 79.7 Å². The molecule has 4 aromatic rings. The van der Waals surface area contributed by atoms with E-state index in [1.54, 1.807) is 17.8 Å². The first-order chi connectivity index (χ1) is 15.1. The maximum Gasteiger partial charge on any atom is 0.224 e. The molecule has 0 aliphatic carbocycles. The van der Waals surface area contributed by atoms with Gasteiger partial charge in [-0.2, -0.15) is 0 Å². The largest absolute Gasteiger partial charge is 0.357 e. The zero-order valence-corrected chi connectivity index (χ0v) is 18.2. The summed E-state index contributed by atoms with van der Waals surface area (Å²) in [6.45, 7) is 2.01. The van der Waals surface area contributed by atoms with Crippen molar-refractivity contribution in [1.29, 1.82) is 0 Å². The van der Waals surface area contributed by atoms with Crippen LogP contribution in [0.1, 0.15) is 23.2 Å². The summed E-state index contributed by atoms with van der Waals surface area (Å²) in [5.41, 5.74) is 4.78. The molecular formula is C26H24N2O2S. The molecule has 1 aromatic heterocycles. The molecule has 0 bridgehead atoms. The SMILES string of the molecule is Cc1ccc2c(=O)cc(CSc3ccccc3NC(=O)CCc3ccccc3)[nH]c2c1. The van der Waals surface area contributed by atoms with Gasteiger partial charge in [0.25, 0.3) is 0 Å². The summed E-state index contributed by atoms with van der Waals surface area (Å²) in [7, 11) is 0. The van der Waals surface area contributed by atoms with E-state index in [2.05, 4.69) is 10.3 Å². The number of carbonyl (C=O) groups is 1. The van der Waals surface area contributed by atoms with E-state index in [-0.39, 0.29) is 11.3 Å². The highest BCUT2D eigenvalue weighted by Crippen LogP contribution is 2.29. The fourth-order valence-corrected chi connectivity index (χ4v) is 4.38. The second kappa shape index (κ2) is 9.67. The number of aromatic amines is 1. The number of pyridine rings is 1. The van der Waals surface area contributed by atoms with E-state index >= 15 is 0 Å². The van der Waals surface area contributed by atoms with E-state index in [1.165, 1.54) is 0 Å². The number of H-pyrrole nitrogens is 1. The van der Waals surface area contributed by atoms with Gasteiger partial charge in [-0.1, -0.05) is 48.5 Å².